The van der Waals surface area contributed by atoms with Gasteiger partial charge in [-0.1, -0.05) is 13.0 Å². The molecular weight excluding hydrogens is 524 g/mol. The Bertz CT molecular complexity index is 1570. The predicted octanol–water partition coefficient (Wildman–Crippen LogP) is 4.63. The summed E-state index contributed by atoms with van der Waals surface area (Å²) in [7, 11) is 2.22. The molecule has 2 N–H and O–H groups in total. The summed E-state index contributed by atoms with van der Waals surface area (Å²) in [6.45, 7) is 11.1. The van der Waals surface area contributed by atoms with Crippen LogP contribution < -0.4 is 10.2 Å². The van der Waals surface area contributed by atoms with Crippen LogP contribution in [0.5, 0.6) is 0 Å². The number of aryl methyl sites for hydroxylation is 2. The lowest BCUT2D eigenvalue weighted by Gasteiger charge is -2.42. The fraction of sp³-hybridized carbons (Fsp3) is 0.485. The van der Waals surface area contributed by atoms with Crippen LogP contribution in [0, 0.1) is 6.92 Å². The van der Waals surface area contributed by atoms with Crippen LogP contribution in [-0.4, -0.2) is 86.8 Å². The van der Waals surface area contributed by atoms with E-state index in [0.29, 0.717) is 12.4 Å². The van der Waals surface area contributed by atoms with Gasteiger partial charge in [0.2, 0.25) is 5.95 Å². The van der Waals surface area contributed by atoms with Crippen LogP contribution in [0.15, 0.2) is 48.7 Å². The first-order valence-corrected chi connectivity index (χ1v) is 15.5. The van der Waals surface area contributed by atoms with Gasteiger partial charge in [-0.25, -0.2) is 9.97 Å². The highest BCUT2D eigenvalue weighted by Crippen LogP contribution is 2.39. The number of likely N-dealkylation sites (N-methyl/N-ethyl adjacent to an activating group) is 1. The van der Waals surface area contributed by atoms with Gasteiger partial charge in [0.05, 0.1) is 5.69 Å². The van der Waals surface area contributed by atoms with E-state index in [1.54, 1.807) is 0 Å². The molecule has 9 nitrogen and oxygen atoms in total. The molecule has 0 spiro atoms. The lowest BCUT2D eigenvalue weighted by atomic mass is 9.98. The first-order valence-electron chi connectivity index (χ1n) is 15.5. The number of fused-ring (bicyclic) bond motifs is 2. The molecule has 0 amide bonds. The summed E-state index contributed by atoms with van der Waals surface area (Å²) in [5, 5.41) is 15.5. The maximum Gasteiger partial charge on any atom is 0.229 e. The lowest BCUT2D eigenvalue weighted by Crippen LogP contribution is -2.52. The molecule has 3 aromatic heterocycles. The molecule has 1 aromatic carbocycles. The van der Waals surface area contributed by atoms with Crippen molar-refractivity contribution in [3.63, 3.8) is 0 Å². The third kappa shape index (κ3) is 5.03. The van der Waals surface area contributed by atoms with Gasteiger partial charge in [0.15, 0.2) is 5.65 Å². The van der Waals surface area contributed by atoms with Crippen LogP contribution >= 0.6 is 0 Å². The first kappa shape index (κ1) is 27.3. The number of anilines is 3. The van der Waals surface area contributed by atoms with Crippen molar-refractivity contribution in [3.05, 3.63) is 65.6 Å². The Labute approximate surface area is 248 Å². The number of piperidine rings is 1. The molecule has 2 fully saturated rings. The first-order chi connectivity index (χ1) is 20.4. The van der Waals surface area contributed by atoms with E-state index in [4.69, 9.17) is 9.97 Å². The molecule has 1 aliphatic carbocycles. The fourth-order valence-corrected chi connectivity index (χ4v) is 7.04. The summed E-state index contributed by atoms with van der Waals surface area (Å²) in [5.74, 6) is 1.33. The quantitative estimate of drug-likeness (QED) is 0.350. The highest BCUT2D eigenvalue weighted by Gasteiger charge is 2.37. The van der Waals surface area contributed by atoms with E-state index >= 15 is 0 Å². The van der Waals surface area contributed by atoms with Gasteiger partial charge in [-0.05, 0) is 88.0 Å². The molecule has 3 aliphatic rings. The van der Waals surface area contributed by atoms with Gasteiger partial charge < -0.3 is 20.2 Å². The number of hydrogen-bond donors (Lipinski definition) is 2. The second-order valence-electron chi connectivity index (χ2n) is 12.4. The standard InChI is InChI=1S/C33H42N8O/c1-4-33(42)14-11-24-5-10-29(36-30(24)33)41-23(2)21-25-22-34-32(37-31(25)41)35-26-6-8-27(9-7-26)39-15-12-28(13-16-39)40-19-17-38(3)18-20-40/h5-10,21-22,28,42H,4,11-20H2,1-3H3,(H,34,35,37)/t33-/m1/s1. The molecule has 0 unspecified atom stereocenters. The fourth-order valence-electron chi connectivity index (χ4n) is 7.04. The minimum Gasteiger partial charge on any atom is -0.384 e. The maximum atomic E-state index is 11.1. The molecule has 2 aliphatic heterocycles. The number of aliphatic hydroxyl groups is 1. The normalized spacial score (nSPS) is 22.1. The van der Waals surface area contributed by atoms with Crippen molar-refractivity contribution in [3.8, 4) is 5.82 Å². The summed E-state index contributed by atoms with van der Waals surface area (Å²) in [6.07, 6.45) is 6.57. The van der Waals surface area contributed by atoms with E-state index in [1.807, 2.05) is 19.2 Å². The van der Waals surface area contributed by atoms with Crippen molar-refractivity contribution in [2.75, 3.05) is 56.5 Å². The maximum absolute atomic E-state index is 11.1. The van der Waals surface area contributed by atoms with Crippen LogP contribution in [0.4, 0.5) is 17.3 Å². The number of benzene rings is 1. The molecule has 5 heterocycles. The number of pyridine rings is 1. The molecule has 42 heavy (non-hydrogen) atoms. The minimum absolute atomic E-state index is 0.550. The number of nitrogens with one attached hydrogen (secondary N) is 1. The Kier molecular flexibility index (Phi) is 7.12. The van der Waals surface area contributed by atoms with E-state index in [-0.39, 0.29) is 0 Å². The van der Waals surface area contributed by atoms with E-state index < -0.39 is 5.60 Å². The van der Waals surface area contributed by atoms with E-state index in [1.165, 1.54) is 44.7 Å². The van der Waals surface area contributed by atoms with Crippen LogP contribution in [0.1, 0.15) is 49.6 Å². The van der Waals surface area contributed by atoms with Crippen molar-refractivity contribution in [2.45, 2.75) is 57.6 Å². The molecule has 0 radical (unpaired) electrons. The number of hydrogen-bond acceptors (Lipinski definition) is 8. The molecule has 9 heteroatoms. The lowest BCUT2D eigenvalue weighted by molar-refractivity contribution is 0.0306. The average molecular weight is 567 g/mol. The summed E-state index contributed by atoms with van der Waals surface area (Å²) in [6, 6.07) is 15.6. The minimum atomic E-state index is -0.851. The molecule has 4 aromatic rings. The van der Waals surface area contributed by atoms with Crippen molar-refractivity contribution in [1.82, 2.24) is 29.3 Å². The monoisotopic (exact) mass is 566 g/mol. The highest BCUT2D eigenvalue weighted by molar-refractivity contribution is 5.80. The largest absolute Gasteiger partial charge is 0.384 e. The molecule has 2 saturated heterocycles. The zero-order valence-corrected chi connectivity index (χ0v) is 25.1. The SMILES string of the molecule is CC[C@@]1(O)CCc2ccc(-n3c(C)cc4cnc(Nc5ccc(N6CCC(N7CCN(C)CC7)CC6)cc5)nc43)nc21. The van der Waals surface area contributed by atoms with E-state index in [9.17, 15) is 5.11 Å². The predicted molar refractivity (Wildman–Crippen MR) is 168 cm³/mol. The Hall–Kier alpha value is -3.53. The van der Waals surface area contributed by atoms with Crippen LogP contribution in [0.25, 0.3) is 16.9 Å². The van der Waals surface area contributed by atoms with Gasteiger partial charge in [0.25, 0.3) is 0 Å². The number of rotatable bonds is 6. The molecule has 1 atom stereocenters. The van der Waals surface area contributed by atoms with Crippen molar-refractivity contribution in [1.29, 1.82) is 0 Å². The molecule has 0 bridgehead atoms. The second kappa shape index (κ2) is 10.9. The van der Waals surface area contributed by atoms with Crippen molar-refractivity contribution in [2.24, 2.45) is 0 Å². The van der Waals surface area contributed by atoms with Crippen LogP contribution in [-0.2, 0) is 12.0 Å². The molecule has 0 saturated carbocycles. The number of aromatic nitrogens is 4. The van der Waals surface area contributed by atoms with Gasteiger partial charge >= 0.3 is 0 Å². The second-order valence-corrected chi connectivity index (χ2v) is 12.4. The number of piperazine rings is 1. The van der Waals surface area contributed by atoms with E-state index in [2.05, 4.69) is 79.9 Å². The third-order valence-corrected chi connectivity index (χ3v) is 9.76. The Balaban J connectivity index is 1.06. The van der Waals surface area contributed by atoms with Crippen LogP contribution in [0.3, 0.4) is 0 Å². The summed E-state index contributed by atoms with van der Waals surface area (Å²) in [5.41, 5.74) is 5.16. The molecular formula is C33H42N8O. The van der Waals surface area contributed by atoms with E-state index in [0.717, 1.165) is 71.5 Å². The topological polar surface area (TPSA) is 85.6 Å². The van der Waals surface area contributed by atoms with Crippen molar-refractivity contribution >= 4 is 28.4 Å². The Morgan fingerprint density at radius 1 is 0.976 bits per heavy atom. The highest BCUT2D eigenvalue weighted by atomic mass is 16.3. The van der Waals surface area contributed by atoms with Crippen LogP contribution in [0.2, 0.25) is 0 Å². The van der Waals surface area contributed by atoms with Gasteiger partial charge in [-0.15, -0.1) is 0 Å². The Morgan fingerprint density at radius 3 is 2.48 bits per heavy atom. The summed E-state index contributed by atoms with van der Waals surface area (Å²) >= 11 is 0. The van der Waals surface area contributed by atoms with Gasteiger partial charge in [-0.2, -0.15) is 4.98 Å². The number of nitrogens with zero attached hydrogens (tertiary/aromatic N) is 7. The van der Waals surface area contributed by atoms with Gasteiger partial charge in [-0.3, -0.25) is 9.47 Å². The molecule has 220 valence electrons. The Morgan fingerprint density at radius 2 is 1.74 bits per heavy atom. The van der Waals surface area contributed by atoms with Gasteiger partial charge in [0, 0.05) is 74.0 Å². The average Bonchev–Trinajstić information content (AvgIpc) is 3.53. The zero-order chi connectivity index (χ0) is 28.8. The third-order valence-electron chi connectivity index (χ3n) is 9.76. The smallest absolute Gasteiger partial charge is 0.229 e. The zero-order valence-electron chi connectivity index (χ0n) is 25.1. The summed E-state index contributed by atoms with van der Waals surface area (Å²) < 4.78 is 2.06. The summed E-state index contributed by atoms with van der Waals surface area (Å²) in [4.78, 5) is 22.1. The molecule has 7 rings (SSSR count). The van der Waals surface area contributed by atoms with Crippen molar-refractivity contribution < 1.29 is 5.11 Å². The van der Waals surface area contributed by atoms with Gasteiger partial charge in [0.1, 0.15) is 11.4 Å².